The summed E-state index contributed by atoms with van der Waals surface area (Å²) in [6, 6.07) is 14.3. The van der Waals surface area contributed by atoms with Crippen molar-refractivity contribution < 1.29 is 14.9 Å². The zero-order valence-electron chi connectivity index (χ0n) is 11.8. The van der Waals surface area contributed by atoms with E-state index in [2.05, 4.69) is 4.57 Å². The van der Waals surface area contributed by atoms with Gasteiger partial charge in [0.15, 0.2) is 11.5 Å². The van der Waals surface area contributed by atoms with Gasteiger partial charge in [0.2, 0.25) is 0 Å². The highest BCUT2D eigenvalue weighted by atomic mass is 16.5. The molecule has 0 spiro atoms. The first kappa shape index (κ1) is 13.4. The van der Waals surface area contributed by atoms with Crippen molar-refractivity contribution in [2.45, 2.75) is 20.1 Å². The number of phenols is 2. The molecular weight excluding hydrogens is 266 g/mol. The van der Waals surface area contributed by atoms with Crippen LogP contribution in [0.1, 0.15) is 12.6 Å². The van der Waals surface area contributed by atoms with Crippen LogP contribution in [0.3, 0.4) is 0 Å². The zero-order chi connectivity index (χ0) is 14.8. The van der Waals surface area contributed by atoms with Gasteiger partial charge in [0.1, 0.15) is 12.4 Å². The first-order valence-electron chi connectivity index (χ1n) is 6.91. The molecule has 2 aromatic carbocycles. The van der Waals surface area contributed by atoms with Crippen LogP contribution in [0.2, 0.25) is 0 Å². The van der Waals surface area contributed by atoms with Crippen LogP contribution in [0, 0.1) is 0 Å². The quantitative estimate of drug-likeness (QED) is 0.768. The molecule has 0 aliphatic rings. The molecule has 0 saturated carbocycles. The SMILES string of the molecule is CCn1c(COc2ccccc2O)cc2ccc(O)cc21. The molecule has 0 unspecified atom stereocenters. The molecule has 3 rings (SSSR count). The Bertz CT molecular complexity index is 777. The number of aromatic nitrogens is 1. The largest absolute Gasteiger partial charge is 0.508 e. The van der Waals surface area contributed by atoms with Gasteiger partial charge in [0, 0.05) is 18.0 Å². The van der Waals surface area contributed by atoms with Crippen LogP contribution in [0.25, 0.3) is 10.9 Å². The predicted octanol–water partition coefficient (Wildman–Crippen LogP) is 3.65. The lowest BCUT2D eigenvalue weighted by Gasteiger charge is -2.10. The number of para-hydroxylation sites is 2. The van der Waals surface area contributed by atoms with Crippen molar-refractivity contribution in [3.05, 3.63) is 54.2 Å². The van der Waals surface area contributed by atoms with E-state index in [-0.39, 0.29) is 11.5 Å². The van der Waals surface area contributed by atoms with E-state index in [4.69, 9.17) is 4.74 Å². The molecule has 4 nitrogen and oxygen atoms in total. The van der Waals surface area contributed by atoms with Crippen LogP contribution in [-0.2, 0) is 13.2 Å². The molecule has 2 N–H and O–H groups in total. The molecule has 1 heterocycles. The minimum absolute atomic E-state index is 0.134. The third-order valence-electron chi connectivity index (χ3n) is 3.53. The maximum absolute atomic E-state index is 9.73. The number of aryl methyl sites for hydroxylation is 1. The predicted molar refractivity (Wildman–Crippen MR) is 81.7 cm³/mol. The first-order chi connectivity index (χ1) is 10.2. The molecule has 0 aliphatic heterocycles. The van der Waals surface area contributed by atoms with E-state index in [0.29, 0.717) is 12.4 Å². The van der Waals surface area contributed by atoms with Gasteiger partial charge in [-0.05, 0) is 37.3 Å². The van der Waals surface area contributed by atoms with Crippen molar-refractivity contribution in [1.82, 2.24) is 4.57 Å². The molecular formula is C17H17NO3. The van der Waals surface area contributed by atoms with E-state index in [9.17, 15) is 10.2 Å². The summed E-state index contributed by atoms with van der Waals surface area (Å²) in [6.45, 7) is 3.19. The molecule has 21 heavy (non-hydrogen) atoms. The van der Waals surface area contributed by atoms with Crippen molar-refractivity contribution in [2.24, 2.45) is 0 Å². The number of hydrogen-bond donors (Lipinski definition) is 2. The molecule has 3 aromatic rings. The van der Waals surface area contributed by atoms with E-state index >= 15 is 0 Å². The normalized spacial score (nSPS) is 10.9. The summed E-state index contributed by atoms with van der Waals surface area (Å²) < 4.78 is 7.78. The zero-order valence-corrected chi connectivity index (χ0v) is 11.8. The summed E-state index contributed by atoms with van der Waals surface area (Å²) in [4.78, 5) is 0. The van der Waals surface area contributed by atoms with Gasteiger partial charge in [-0.25, -0.2) is 0 Å². The number of aromatic hydroxyl groups is 2. The van der Waals surface area contributed by atoms with Crippen LogP contribution >= 0.6 is 0 Å². The number of ether oxygens (including phenoxy) is 1. The summed E-state index contributed by atoms with van der Waals surface area (Å²) in [5, 5.41) is 20.4. The summed E-state index contributed by atoms with van der Waals surface area (Å²) in [5.41, 5.74) is 1.98. The van der Waals surface area contributed by atoms with Crippen LogP contribution in [0.15, 0.2) is 48.5 Å². The van der Waals surface area contributed by atoms with Gasteiger partial charge in [0.05, 0.1) is 11.2 Å². The molecule has 0 radical (unpaired) electrons. The second-order valence-corrected chi connectivity index (χ2v) is 4.88. The van der Waals surface area contributed by atoms with Crippen LogP contribution < -0.4 is 4.74 Å². The van der Waals surface area contributed by atoms with E-state index in [1.54, 1.807) is 30.3 Å². The van der Waals surface area contributed by atoms with Crippen molar-refractivity contribution >= 4 is 10.9 Å². The molecule has 1 aromatic heterocycles. The smallest absolute Gasteiger partial charge is 0.161 e. The number of benzene rings is 2. The number of hydrogen-bond acceptors (Lipinski definition) is 3. The maximum Gasteiger partial charge on any atom is 0.161 e. The second-order valence-electron chi connectivity index (χ2n) is 4.88. The second kappa shape index (κ2) is 5.40. The van der Waals surface area contributed by atoms with Gasteiger partial charge in [-0.2, -0.15) is 0 Å². The summed E-state index contributed by atoms with van der Waals surface area (Å²) >= 11 is 0. The minimum Gasteiger partial charge on any atom is -0.508 e. The van der Waals surface area contributed by atoms with Crippen LogP contribution in [0.5, 0.6) is 17.2 Å². The summed E-state index contributed by atoms with van der Waals surface area (Å²) in [6.07, 6.45) is 0. The van der Waals surface area contributed by atoms with Gasteiger partial charge >= 0.3 is 0 Å². The Morgan fingerprint density at radius 3 is 2.62 bits per heavy atom. The molecule has 0 amide bonds. The standard InChI is InChI=1S/C17H17NO3/c1-2-18-13(9-12-7-8-14(19)10-15(12)18)11-21-17-6-4-3-5-16(17)20/h3-10,19-20H,2,11H2,1H3. The van der Waals surface area contributed by atoms with Gasteiger partial charge in [-0.15, -0.1) is 0 Å². The number of phenolic OH excluding ortho intramolecular Hbond substituents is 2. The monoisotopic (exact) mass is 283 g/mol. The lowest BCUT2D eigenvalue weighted by atomic mass is 10.2. The Labute approximate surface area is 122 Å². The van der Waals surface area contributed by atoms with Crippen molar-refractivity contribution in [1.29, 1.82) is 0 Å². The number of rotatable bonds is 4. The molecule has 108 valence electrons. The Hall–Kier alpha value is -2.62. The molecule has 0 bridgehead atoms. The highest BCUT2D eigenvalue weighted by Crippen LogP contribution is 2.28. The van der Waals surface area contributed by atoms with E-state index < -0.39 is 0 Å². The van der Waals surface area contributed by atoms with E-state index in [1.807, 2.05) is 25.1 Å². The van der Waals surface area contributed by atoms with Gasteiger partial charge in [0.25, 0.3) is 0 Å². The highest BCUT2D eigenvalue weighted by molar-refractivity contribution is 5.82. The Kier molecular flexibility index (Phi) is 3.44. The maximum atomic E-state index is 9.73. The van der Waals surface area contributed by atoms with Gasteiger partial charge in [-0.1, -0.05) is 12.1 Å². The van der Waals surface area contributed by atoms with E-state index in [1.165, 1.54) is 0 Å². The summed E-state index contributed by atoms with van der Waals surface area (Å²) in [5.74, 6) is 0.853. The molecule has 0 saturated heterocycles. The Morgan fingerprint density at radius 1 is 1.05 bits per heavy atom. The van der Waals surface area contributed by atoms with Crippen LogP contribution in [0.4, 0.5) is 0 Å². The molecule has 0 atom stereocenters. The average molecular weight is 283 g/mol. The lowest BCUT2D eigenvalue weighted by molar-refractivity contribution is 0.280. The highest BCUT2D eigenvalue weighted by Gasteiger charge is 2.10. The average Bonchev–Trinajstić information content (AvgIpc) is 2.83. The van der Waals surface area contributed by atoms with Crippen molar-refractivity contribution in [2.75, 3.05) is 0 Å². The number of nitrogens with zero attached hydrogens (tertiary/aromatic N) is 1. The minimum atomic E-state index is 0.134. The topological polar surface area (TPSA) is 54.6 Å². The van der Waals surface area contributed by atoms with Crippen molar-refractivity contribution in [3.63, 3.8) is 0 Å². The summed E-state index contributed by atoms with van der Waals surface area (Å²) in [7, 11) is 0. The van der Waals surface area contributed by atoms with Gasteiger partial charge in [-0.3, -0.25) is 0 Å². The van der Waals surface area contributed by atoms with Crippen LogP contribution in [-0.4, -0.2) is 14.8 Å². The third kappa shape index (κ3) is 2.52. The third-order valence-corrected chi connectivity index (χ3v) is 3.53. The van der Waals surface area contributed by atoms with Crippen molar-refractivity contribution in [3.8, 4) is 17.2 Å². The molecule has 4 heteroatoms. The number of fused-ring (bicyclic) bond motifs is 1. The molecule has 0 fully saturated rings. The fourth-order valence-electron chi connectivity index (χ4n) is 2.52. The first-order valence-corrected chi connectivity index (χ1v) is 6.91. The molecule has 0 aliphatic carbocycles. The van der Waals surface area contributed by atoms with Gasteiger partial charge < -0.3 is 19.5 Å². The Morgan fingerprint density at radius 2 is 1.86 bits per heavy atom. The van der Waals surface area contributed by atoms with E-state index in [0.717, 1.165) is 23.1 Å². The Balaban J connectivity index is 1.92. The fourth-order valence-corrected chi connectivity index (χ4v) is 2.52. The lowest BCUT2D eigenvalue weighted by Crippen LogP contribution is -2.04. The fraction of sp³-hybridized carbons (Fsp3) is 0.176.